The monoisotopic (exact) mass is 433 g/mol. The lowest BCUT2D eigenvalue weighted by Gasteiger charge is -2.17. The average molecular weight is 434 g/mol. The summed E-state index contributed by atoms with van der Waals surface area (Å²) in [6.07, 6.45) is 0.777. The first-order valence-corrected chi connectivity index (χ1v) is 10.5. The molecule has 0 fully saturated rings. The second-order valence-corrected chi connectivity index (χ2v) is 7.10. The molecule has 0 unspecified atom stereocenters. The van der Waals surface area contributed by atoms with E-state index in [9.17, 15) is 10.0 Å². The smallest absolute Gasteiger partial charge is 0.119 e. The fourth-order valence-corrected chi connectivity index (χ4v) is 3.49. The van der Waals surface area contributed by atoms with Gasteiger partial charge in [-0.15, -0.1) is 4.91 Å². The molecule has 166 valence electrons. The molecule has 0 aromatic heterocycles. The summed E-state index contributed by atoms with van der Waals surface area (Å²) in [6, 6.07) is 22.2. The third-order valence-corrected chi connectivity index (χ3v) is 5.01. The summed E-state index contributed by atoms with van der Waals surface area (Å²) in [6.45, 7) is 3.22. The van der Waals surface area contributed by atoms with Crippen LogP contribution in [-0.4, -0.2) is 36.6 Å². The summed E-state index contributed by atoms with van der Waals surface area (Å²) in [5, 5.41) is 21.5. The Kier molecular flexibility index (Phi) is 8.54. The van der Waals surface area contributed by atoms with Crippen molar-refractivity contribution >= 4 is 16.8 Å². The van der Waals surface area contributed by atoms with Gasteiger partial charge >= 0.3 is 0 Å². The van der Waals surface area contributed by atoms with Gasteiger partial charge in [0.15, 0.2) is 0 Å². The zero-order chi connectivity index (χ0) is 22.8. The van der Waals surface area contributed by atoms with Gasteiger partial charge in [-0.3, -0.25) is 0 Å². The summed E-state index contributed by atoms with van der Waals surface area (Å²) in [4.78, 5) is 10.8. The molecule has 3 aromatic rings. The van der Waals surface area contributed by atoms with E-state index < -0.39 is 0 Å². The zero-order valence-electron chi connectivity index (χ0n) is 18.0. The van der Waals surface area contributed by atoms with E-state index in [1.807, 2.05) is 48.5 Å². The Morgan fingerprint density at radius 3 is 1.97 bits per heavy atom. The number of aromatic hydroxyl groups is 1. The van der Waals surface area contributed by atoms with Crippen molar-refractivity contribution in [3.8, 4) is 11.5 Å². The highest BCUT2D eigenvalue weighted by atomic mass is 16.5. The molecule has 32 heavy (non-hydrogen) atoms. The molecule has 0 saturated heterocycles. The number of hydrogen-bond acceptors (Lipinski definition) is 6. The fraction of sp³-hybridized carbons (Fsp3) is 0.231. The molecular formula is C26H27NO5. The lowest BCUT2D eigenvalue weighted by molar-refractivity contribution is 0.0705. The van der Waals surface area contributed by atoms with E-state index in [-0.39, 0.29) is 12.4 Å². The SMILES string of the molecule is CC/C(=C(\c1ccc(O)cc1)c1ccc(N=O)cc1)c1ccc(OCCOCCO)cc1. The molecular weight excluding hydrogens is 406 g/mol. The largest absolute Gasteiger partial charge is 0.508 e. The predicted molar refractivity (Wildman–Crippen MR) is 126 cm³/mol. The lowest BCUT2D eigenvalue weighted by atomic mass is 9.88. The summed E-state index contributed by atoms with van der Waals surface area (Å²) < 4.78 is 10.9. The minimum Gasteiger partial charge on any atom is -0.508 e. The molecule has 0 aliphatic rings. The molecule has 0 atom stereocenters. The van der Waals surface area contributed by atoms with Crippen LogP contribution in [0.4, 0.5) is 5.69 Å². The van der Waals surface area contributed by atoms with Crippen LogP contribution in [0.2, 0.25) is 0 Å². The van der Waals surface area contributed by atoms with Gasteiger partial charge in [-0.1, -0.05) is 43.3 Å². The number of aliphatic hydroxyl groups excluding tert-OH is 1. The Bertz CT molecular complexity index is 1030. The van der Waals surface area contributed by atoms with Crippen LogP contribution in [-0.2, 0) is 4.74 Å². The van der Waals surface area contributed by atoms with Gasteiger partial charge in [-0.05, 0) is 75.8 Å². The highest BCUT2D eigenvalue weighted by Gasteiger charge is 2.14. The van der Waals surface area contributed by atoms with Crippen molar-refractivity contribution in [1.29, 1.82) is 0 Å². The Morgan fingerprint density at radius 1 is 0.812 bits per heavy atom. The molecule has 0 spiro atoms. The highest BCUT2D eigenvalue weighted by molar-refractivity contribution is 5.98. The molecule has 2 N–H and O–H groups in total. The van der Waals surface area contributed by atoms with Crippen LogP contribution in [0.5, 0.6) is 11.5 Å². The maximum absolute atomic E-state index is 10.8. The van der Waals surface area contributed by atoms with Gasteiger partial charge in [-0.2, -0.15) is 0 Å². The van der Waals surface area contributed by atoms with Crippen molar-refractivity contribution in [2.45, 2.75) is 13.3 Å². The van der Waals surface area contributed by atoms with Gasteiger partial charge in [0, 0.05) is 0 Å². The standard InChI is InChI=1S/C26H27NO5/c1-2-25(19-7-13-24(14-8-19)32-18-17-31-16-15-28)26(21-5-11-23(29)12-6-21)20-3-9-22(27-30)10-4-20/h3-14,28-29H,2,15-18H2,1H3/b26-25+. The summed E-state index contributed by atoms with van der Waals surface area (Å²) in [5.41, 5.74) is 5.50. The molecule has 0 amide bonds. The molecule has 6 heteroatoms. The minimum absolute atomic E-state index is 0.00141. The second-order valence-electron chi connectivity index (χ2n) is 7.10. The molecule has 0 bridgehead atoms. The number of allylic oxidation sites excluding steroid dienone is 1. The Morgan fingerprint density at radius 2 is 1.41 bits per heavy atom. The Labute approximate surface area is 187 Å². The van der Waals surface area contributed by atoms with E-state index in [1.165, 1.54) is 0 Å². The van der Waals surface area contributed by atoms with E-state index in [0.29, 0.717) is 25.5 Å². The second kappa shape index (κ2) is 11.8. The van der Waals surface area contributed by atoms with Crippen LogP contribution in [0.1, 0.15) is 30.0 Å². The number of phenols is 1. The minimum atomic E-state index is -0.00141. The molecule has 3 rings (SSSR count). The van der Waals surface area contributed by atoms with Crippen molar-refractivity contribution in [3.63, 3.8) is 0 Å². The molecule has 0 saturated carbocycles. The number of benzene rings is 3. The maximum atomic E-state index is 10.8. The van der Waals surface area contributed by atoms with E-state index in [0.717, 1.165) is 40.0 Å². The van der Waals surface area contributed by atoms with Gasteiger partial charge in [0.05, 0.1) is 19.8 Å². The third kappa shape index (κ3) is 6.03. The molecule has 0 radical (unpaired) electrons. The first-order chi connectivity index (χ1) is 15.7. The summed E-state index contributed by atoms with van der Waals surface area (Å²) in [5.74, 6) is 0.945. The van der Waals surface area contributed by atoms with Gasteiger partial charge in [0.25, 0.3) is 0 Å². The van der Waals surface area contributed by atoms with Crippen molar-refractivity contribution in [2.75, 3.05) is 26.4 Å². The van der Waals surface area contributed by atoms with Crippen molar-refractivity contribution < 1.29 is 19.7 Å². The Hall–Kier alpha value is -3.48. The third-order valence-electron chi connectivity index (χ3n) is 5.01. The first-order valence-electron chi connectivity index (χ1n) is 10.5. The molecule has 0 aliphatic heterocycles. The number of hydrogen-bond donors (Lipinski definition) is 2. The number of nitrogens with zero attached hydrogens (tertiary/aromatic N) is 1. The molecule has 0 heterocycles. The lowest BCUT2D eigenvalue weighted by Crippen LogP contribution is -2.09. The highest BCUT2D eigenvalue weighted by Crippen LogP contribution is 2.36. The quantitative estimate of drug-likeness (QED) is 0.235. The first kappa shape index (κ1) is 23.2. The molecule has 0 aliphatic carbocycles. The number of phenolic OH excluding ortho intramolecular Hbond substituents is 1. The zero-order valence-corrected chi connectivity index (χ0v) is 18.0. The van der Waals surface area contributed by atoms with Crippen molar-refractivity contribution in [1.82, 2.24) is 0 Å². The van der Waals surface area contributed by atoms with Gasteiger partial charge in [0.2, 0.25) is 0 Å². The normalized spacial score (nSPS) is 11.7. The fourth-order valence-electron chi connectivity index (χ4n) is 3.49. The topological polar surface area (TPSA) is 88.4 Å². The van der Waals surface area contributed by atoms with Crippen molar-refractivity contribution in [3.05, 3.63) is 94.4 Å². The van der Waals surface area contributed by atoms with Crippen LogP contribution in [0.25, 0.3) is 11.1 Å². The van der Waals surface area contributed by atoms with E-state index >= 15 is 0 Å². The maximum Gasteiger partial charge on any atom is 0.119 e. The van der Waals surface area contributed by atoms with Crippen LogP contribution in [0.15, 0.2) is 78.0 Å². The van der Waals surface area contributed by atoms with Crippen LogP contribution < -0.4 is 4.74 Å². The van der Waals surface area contributed by atoms with E-state index in [1.54, 1.807) is 24.3 Å². The van der Waals surface area contributed by atoms with Crippen LogP contribution >= 0.6 is 0 Å². The number of nitroso groups, excluding NO2 is 1. The summed E-state index contributed by atoms with van der Waals surface area (Å²) >= 11 is 0. The number of ether oxygens (including phenoxy) is 2. The van der Waals surface area contributed by atoms with Gasteiger partial charge < -0.3 is 19.7 Å². The van der Waals surface area contributed by atoms with Crippen LogP contribution in [0, 0.1) is 4.91 Å². The van der Waals surface area contributed by atoms with E-state index in [4.69, 9.17) is 14.6 Å². The summed E-state index contributed by atoms with van der Waals surface area (Å²) in [7, 11) is 0. The van der Waals surface area contributed by atoms with Gasteiger partial charge in [0.1, 0.15) is 23.8 Å². The average Bonchev–Trinajstić information content (AvgIpc) is 2.84. The molecule has 3 aromatic carbocycles. The van der Waals surface area contributed by atoms with Crippen molar-refractivity contribution in [2.24, 2.45) is 5.18 Å². The number of rotatable bonds is 11. The van der Waals surface area contributed by atoms with Crippen LogP contribution in [0.3, 0.4) is 0 Å². The Balaban J connectivity index is 1.95. The van der Waals surface area contributed by atoms with Gasteiger partial charge in [-0.25, -0.2) is 0 Å². The predicted octanol–water partition coefficient (Wildman–Crippen LogP) is 5.55. The molecule has 6 nitrogen and oxygen atoms in total. The van der Waals surface area contributed by atoms with E-state index in [2.05, 4.69) is 12.1 Å². The number of aliphatic hydroxyl groups is 1.